The van der Waals surface area contributed by atoms with Gasteiger partial charge in [0, 0.05) is 13.2 Å². The molecule has 0 fully saturated rings. The zero-order valence-corrected chi connectivity index (χ0v) is 9.20. The topological polar surface area (TPSA) is 85.9 Å². The molecule has 88 valence electrons. The summed E-state index contributed by atoms with van der Waals surface area (Å²) in [6.45, 7) is 0.461. The van der Waals surface area contributed by atoms with E-state index in [-0.39, 0.29) is 5.82 Å². The summed E-state index contributed by atoms with van der Waals surface area (Å²) in [5.74, 6) is -0.172. The number of nitro groups is 1. The monoisotopic (exact) mass is 233 g/mol. The van der Waals surface area contributed by atoms with Gasteiger partial charge in [0.25, 0.3) is 0 Å². The number of aromatic nitrogens is 3. The molecule has 0 aromatic carbocycles. The lowest BCUT2D eigenvalue weighted by atomic mass is 10.3. The van der Waals surface area contributed by atoms with E-state index in [0.29, 0.717) is 12.2 Å². The molecular weight excluding hydrogens is 222 g/mol. The Morgan fingerprint density at radius 1 is 1.47 bits per heavy atom. The van der Waals surface area contributed by atoms with Crippen LogP contribution in [0.4, 0.5) is 11.5 Å². The van der Waals surface area contributed by atoms with Crippen molar-refractivity contribution in [1.82, 2.24) is 14.8 Å². The smallest absolute Gasteiger partial charge is 0.373 e. The Morgan fingerprint density at radius 3 is 2.94 bits per heavy atom. The lowest BCUT2D eigenvalue weighted by Gasteiger charge is -2.06. The SMILES string of the molecule is Cn1nccc1CNc1cccnc1[N+](=O)[O-]. The molecule has 0 radical (unpaired) electrons. The van der Waals surface area contributed by atoms with Gasteiger partial charge >= 0.3 is 5.82 Å². The van der Waals surface area contributed by atoms with Crippen molar-refractivity contribution in [2.45, 2.75) is 6.54 Å². The Bertz CT molecular complexity index is 537. The van der Waals surface area contributed by atoms with Crippen molar-refractivity contribution >= 4 is 11.5 Å². The number of aryl methyl sites for hydroxylation is 1. The molecule has 2 aromatic rings. The highest BCUT2D eigenvalue weighted by atomic mass is 16.6. The highest BCUT2D eigenvalue weighted by Gasteiger charge is 2.13. The Morgan fingerprint density at radius 2 is 2.29 bits per heavy atom. The van der Waals surface area contributed by atoms with Gasteiger partial charge in [0.15, 0.2) is 0 Å². The number of nitrogens with one attached hydrogen (secondary N) is 1. The fourth-order valence-corrected chi connectivity index (χ4v) is 1.44. The van der Waals surface area contributed by atoms with Gasteiger partial charge in [0.1, 0.15) is 11.9 Å². The average Bonchev–Trinajstić information content (AvgIpc) is 2.72. The molecular formula is C10H11N5O2. The average molecular weight is 233 g/mol. The predicted octanol–water partition coefficient (Wildman–Crippen LogP) is 1.34. The third kappa shape index (κ3) is 2.39. The molecule has 1 N–H and O–H groups in total. The van der Waals surface area contributed by atoms with E-state index in [4.69, 9.17) is 0 Å². The molecule has 2 aromatic heterocycles. The van der Waals surface area contributed by atoms with Crippen molar-refractivity contribution in [2.75, 3.05) is 5.32 Å². The van der Waals surface area contributed by atoms with E-state index in [1.165, 1.54) is 6.20 Å². The summed E-state index contributed by atoms with van der Waals surface area (Å²) < 4.78 is 1.70. The molecule has 0 unspecified atom stereocenters. The number of anilines is 1. The first kappa shape index (κ1) is 11.1. The molecule has 7 nitrogen and oxygen atoms in total. The minimum absolute atomic E-state index is 0.172. The maximum absolute atomic E-state index is 10.7. The van der Waals surface area contributed by atoms with Crippen LogP contribution < -0.4 is 5.32 Å². The molecule has 0 aliphatic carbocycles. The van der Waals surface area contributed by atoms with Crippen LogP contribution in [-0.2, 0) is 13.6 Å². The van der Waals surface area contributed by atoms with Crippen molar-refractivity contribution in [1.29, 1.82) is 0 Å². The first-order valence-electron chi connectivity index (χ1n) is 4.98. The van der Waals surface area contributed by atoms with Crippen LogP contribution in [0.1, 0.15) is 5.69 Å². The lowest BCUT2D eigenvalue weighted by molar-refractivity contribution is -0.388. The maximum atomic E-state index is 10.7. The van der Waals surface area contributed by atoms with Crippen LogP contribution in [0.2, 0.25) is 0 Å². The molecule has 0 spiro atoms. The zero-order valence-electron chi connectivity index (χ0n) is 9.20. The molecule has 0 atom stereocenters. The van der Waals surface area contributed by atoms with Crippen molar-refractivity contribution in [2.24, 2.45) is 7.05 Å². The van der Waals surface area contributed by atoms with E-state index in [0.717, 1.165) is 5.69 Å². The number of nitrogens with zero attached hydrogens (tertiary/aromatic N) is 4. The van der Waals surface area contributed by atoms with Gasteiger partial charge in [0.2, 0.25) is 0 Å². The number of pyridine rings is 1. The summed E-state index contributed by atoms with van der Waals surface area (Å²) in [5, 5.41) is 17.7. The largest absolute Gasteiger partial charge is 0.386 e. The highest BCUT2D eigenvalue weighted by molar-refractivity contribution is 5.56. The summed E-state index contributed by atoms with van der Waals surface area (Å²) in [6.07, 6.45) is 3.07. The first-order valence-corrected chi connectivity index (χ1v) is 4.98. The molecule has 0 bridgehead atoms. The second-order valence-electron chi connectivity index (χ2n) is 3.43. The second-order valence-corrected chi connectivity index (χ2v) is 3.43. The minimum Gasteiger partial charge on any atom is -0.373 e. The van der Waals surface area contributed by atoms with Crippen molar-refractivity contribution in [3.63, 3.8) is 0 Å². The summed E-state index contributed by atoms with van der Waals surface area (Å²) in [7, 11) is 1.81. The molecule has 17 heavy (non-hydrogen) atoms. The van der Waals surface area contributed by atoms with Gasteiger partial charge in [-0.25, -0.2) is 0 Å². The molecule has 0 aliphatic rings. The van der Waals surface area contributed by atoms with E-state index in [9.17, 15) is 10.1 Å². The predicted molar refractivity (Wildman–Crippen MR) is 61.4 cm³/mol. The Hall–Kier alpha value is -2.44. The van der Waals surface area contributed by atoms with Crippen molar-refractivity contribution in [3.8, 4) is 0 Å². The van der Waals surface area contributed by atoms with E-state index < -0.39 is 4.92 Å². The van der Waals surface area contributed by atoms with Crippen LogP contribution >= 0.6 is 0 Å². The molecule has 2 heterocycles. The third-order valence-corrected chi connectivity index (χ3v) is 2.34. The van der Waals surface area contributed by atoms with Crippen molar-refractivity contribution < 1.29 is 4.92 Å². The van der Waals surface area contributed by atoms with E-state index >= 15 is 0 Å². The summed E-state index contributed by atoms with van der Waals surface area (Å²) >= 11 is 0. The number of hydrogen-bond donors (Lipinski definition) is 1. The van der Waals surface area contributed by atoms with Gasteiger partial charge in [-0.3, -0.25) is 4.68 Å². The number of rotatable bonds is 4. The van der Waals surface area contributed by atoms with Gasteiger partial charge in [-0.1, -0.05) is 0 Å². The van der Waals surface area contributed by atoms with Crippen LogP contribution in [0.3, 0.4) is 0 Å². The van der Waals surface area contributed by atoms with Crippen LogP contribution in [-0.4, -0.2) is 19.7 Å². The Balaban J connectivity index is 2.14. The molecule has 7 heteroatoms. The molecule has 0 saturated heterocycles. The normalized spacial score (nSPS) is 10.2. The fourth-order valence-electron chi connectivity index (χ4n) is 1.44. The van der Waals surface area contributed by atoms with E-state index in [1.54, 1.807) is 23.0 Å². The maximum Gasteiger partial charge on any atom is 0.386 e. The first-order chi connectivity index (χ1) is 8.18. The molecule has 0 amide bonds. The number of hydrogen-bond acceptors (Lipinski definition) is 5. The summed E-state index contributed by atoms with van der Waals surface area (Å²) in [5.41, 5.74) is 1.34. The van der Waals surface area contributed by atoms with E-state index in [1.807, 2.05) is 13.1 Å². The lowest BCUT2D eigenvalue weighted by Crippen LogP contribution is -2.07. The summed E-state index contributed by atoms with van der Waals surface area (Å²) in [4.78, 5) is 13.9. The van der Waals surface area contributed by atoms with Gasteiger partial charge in [-0.2, -0.15) is 5.10 Å². The van der Waals surface area contributed by atoms with Gasteiger partial charge in [-0.15, -0.1) is 0 Å². The van der Waals surface area contributed by atoms with Gasteiger partial charge in [0.05, 0.1) is 12.2 Å². The molecule has 0 aliphatic heterocycles. The second kappa shape index (κ2) is 4.60. The quantitative estimate of drug-likeness (QED) is 0.636. The third-order valence-electron chi connectivity index (χ3n) is 2.34. The van der Waals surface area contributed by atoms with Crippen LogP contribution in [0.5, 0.6) is 0 Å². The van der Waals surface area contributed by atoms with Crippen LogP contribution in [0.25, 0.3) is 0 Å². The standard InChI is InChI=1S/C10H11N5O2/c1-14-8(4-6-13-14)7-12-9-3-2-5-11-10(9)15(16)17/h2-6,12H,7H2,1H3. The van der Waals surface area contributed by atoms with Crippen molar-refractivity contribution in [3.05, 3.63) is 46.4 Å². The molecule has 0 saturated carbocycles. The fraction of sp³-hybridized carbons (Fsp3) is 0.200. The minimum atomic E-state index is -0.508. The van der Waals surface area contributed by atoms with Gasteiger partial charge < -0.3 is 15.4 Å². The van der Waals surface area contributed by atoms with E-state index in [2.05, 4.69) is 15.4 Å². The van der Waals surface area contributed by atoms with Crippen LogP contribution in [0, 0.1) is 10.1 Å². The van der Waals surface area contributed by atoms with Gasteiger partial charge in [-0.05, 0) is 28.1 Å². The Labute approximate surface area is 97.2 Å². The highest BCUT2D eigenvalue weighted by Crippen LogP contribution is 2.20. The summed E-state index contributed by atoms with van der Waals surface area (Å²) in [6, 6.07) is 5.12. The molecule has 2 rings (SSSR count). The van der Waals surface area contributed by atoms with Crippen LogP contribution in [0.15, 0.2) is 30.6 Å². The zero-order chi connectivity index (χ0) is 12.3. The Kier molecular flexibility index (Phi) is 2.99.